The molecule has 1 N–H and O–H groups in total. The Morgan fingerprint density at radius 1 is 1.42 bits per heavy atom. The van der Waals surface area contributed by atoms with Crippen molar-refractivity contribution in [2.24, 2.45) is 5.92 Å². The van der Waals surface area contributed by atoms with Crippen LogP contribution in [0.1, 0.15) is 38.1 Å². The molecule has 19 heavy (non-hydrogen) atoms. The van der Waals surface area contributed by atoms with Crippen molar-refractivity contribution < 1.29 is 5.11 Å². The van der Waals surface area contributed by atoms with Crippen LogP contribution in [-0.4, -0.2) is 39.5 Å². The average molecular weight is 330 g/mol. The molecule has 0 unspecified atom stereocenters. The van der Waals surface area contributed by atoms with E-state index in [1.165, 1.54) is 5.69 Å². The van der Waals surface area contributed by atoms with Crippen LogP contribution in [0, 0.1) is 5.92 Å². The zero-order valence-electron chi connectivity index (χ0n) is 12.1. The highest BCUT2D eigenvalue weighted by Gasteiger charge is 2.28. The van der Waals surface area contributed by atoms with Crippen LogP contribution in [0.25, 0.3) is 0 Å². The Morgan fingerprint density at radius 3 is 2.63 bits per heavy atom. The van der Waals surface area contributed by atoms with Crippen molar-refractivity contribution >= 4 is 15.9 Å². The second-order valence-corrected chi connectivity index (χ2v) is 6.36. The third-order valence-corrected chi connectivity index (χ3v) is 4.81. The Balaban J connectivity index is 1.99. The highest BCUT2D eigenvalue weighted by atomic mass is 79.9. The minimum absolute atomic E-state index is 0.0574. The molecule has 4 nitrogen and oxygen atoms in total. The second-order valence-electron chi connectivity index (χ2n) is 5.56. The summed E-state index contributed by atoms with van der Waals surface area (Å²) in [5, 5.41) is 14.0. The number of hydrogen-bond acceptors (Lipinski definition) is 3. The molecule has 108 valence electrons. The summed E-state index contributed by atoms with van der Waals surface area (Å²) < 4.78 is 3.26. The summed E-state index contributed by atoms with van der Waals surface area (Å²) in [5.41, 5.74) is 2.41. The van der Waals surface area contributed by atoms with Gasteiger partial charge in [0.25, 0.3) is 0 Å². The molecule has 1 aliphatic carbocycles. The highest BCUT2D eigenvalue weighted by molar-refractivity contribution is 9.10. The minimum Gasteiger partial charge on any atom is -0.393 e. The largest absolute Gasteiger partial charge is 0.393 e. The molecule has 0 aromatic carbocycles. The van der Waals surface area contributed by atoms with Crippen LogP contribution >= 0.6 is 15.9 Å². The number of aliphatic hydroxyl groups excluding tert-OH is 1. The van der Waals surface area contributed by atoms with Crippen LogP contribution in [0.15, 0.2) is 4.47 Å². The monoisotopic (exact) mass is 329 g/mol. The molecule has 1 fully saturated rings. The van der Waals surface area contributed by atoms with Gasteiger partial charge in [-0.2, -0.15) is 5.10 Å². The van der Waals surface area contributed by atoms with Crippen molar-refractivity contribution in [3.8, 4) is 0 Å². The molecule has 0 bridgehead atoms. The van der Waals surface area contributed by atoms with Gasteiger partial charge in [-0.05, 0) is 55.1 Å². The summed E-state index contributed by atoms with van der Waals surface area (Å²) in [5.74, 6) is 0.655. The molecule has 0 radical (unpaired) electrons. The van der Waals surface area contributed by atoms with Crippen LogP contribution in [0.3, 0.4) is 0 Å². The van der Waals surface area contributed by atoms with E-state index in [2.05, 4.69) is 51.5 Å². The first kappa shape index (κ1) is 15.0. The van der Waals surface area contributed by atoms with Crippen LogP contribution < -0.4 is 0 Å². The third kappa shape index (κ3) is 3.38. The van der Waals surface area contributed by atoms with Crippen LogP contribution in [0.5, 0.6) is 0 Å². The molecule has 1 heterocycles. The van der Waals surface area contributed by atoms with Gasteiger partial charge in [0.15, 0.2) is 0 Å². The van der Waals surface area contributed by atoms with Gasteiger partial charge in [0, 0.05) is 19.6 Å². The lowest BCUT2D eigenvalue weighted by atomic mass is 9.82. The number of halogens is 1. The maximum Gasteiger partial charge on any atom is 0.0767 e. The van der Waals surface area contributed by atoms with Crippen molar-refractivity contribution in [3.63, 3.8) is 0 Å². The van der Waals surface area contributed by atoms with E-state index in [1.54, 1.807) is 0 Å². The Labute approximate surface area is 123 Å². The van der Waals surface area contributed by atoms with Gasteiger partial charge in [-0.1, -0.05) is 6.92 Å². The second kappa shape index (κ2) is 6.37. The number of aryl methyl sites for hydroxylation is 2. The van der Waals surface area contributed by atoms with Gasteiger partial charge in [-0.15, -0.1) is 0 Å². The quantitative estimate of drug-likeness (QED) is 0.871. The van der Waals surface area contributed by atoms with Crippen molar-refractivity contribution in [2.75, 3.05) is 13.6 Å². The smallest absolute Gasteiger partial charge is 0.0767 e. The lowest BCUT2D eigenvalue weighted by Gasteiger charge is -2.34. The molecule has 0 spiro atoms. The Morgan fingerprint density at radius 2 is 2.11 bits per heavy atom. The van der Waals surface area contributed by atoms with Crippen LogP contribution in [-0.2, 0) is 19.5 Å². The topological polar surface area (TPSA) is 41.3 Å². The lowest BCUT2D eigenvalue weighted by molar-refractivity contribution is 0.0270. The number of nitrogens with zero attached hydrogens (tertiary/aromatic N) is 3. The summed E-state index contributed by atoms with van der Waals surface area (Å²) in [6.45, 7) is 7.14. The summed E-state index contributed by atoms with van der Waals surface area (Å²) in [7, 11) is 2.15. The van der Waals surface area contributed by atoms with Crippen molar-refractivity contribution in [3.05, 3.63) is 15.9 Å². The first-order valence-corrected chi connectivity index (χ1v) is 7.95. The summed E-state index contributed by atoms with van der Waals surface area (Å²) in [6.07, 6.45) is 2.81. The molecular weight excluding hydrogens is 306 g/mol. The van der Waals surface area contributed by atoms with Crippen molar-refractivity contribution in [1.82, 2.24) is 14.7 Å². The predicted molar refractivity (Wildman–Crippen MR) is 80.0 cm³/mol. The van der Waals surface area contributed by atoms with Crippen molar-refractivity contribution in [2.45, 2.75) is 52.3 Å². The van der Waals surface area contributed by atoms with Gasteiger partial charge in [0.2, 0.25) is 0 Å². The van der Waals surface area contributed by atoms with Crippen LogP contribution in [0.4, 0.5) is 0 Å². The fraction of sp³-hybridized carbons (Fsp3) is 0.786. The van der Waals surface area contributed by atoms with E-state index in [4.69, 9.17) is 0 Å². The summed E-state index contributed by atoms with van der Waals surface area (Å²) >= 11 is 3.69. The van der Waals surface area contributed by atoms with E-state index in [0.29, 0.717) is 5.92 Å². The van der Waals surface area contributed by atoms with Gasteiger partial charge < -0.3 is 10.0 Å². The molecule has 1 aliphatic rings. The zero-order valence-corrected chi connectivity index (χ0v) is 13.7. The van der Waals surface area contributed by atoms with E-state index in [1.807, 2.05) is 0 Å². The third-order valence-electron chi connectivity index (χ3n) is 3.89. The number of rotatable bonds is 6. The van der Waals surface area contributed by atoms with Gasteiger partial charge in [0.05, 0.1) is 22.0 Å². The fourth-order valence-electron chi connectivity index (χ4n) is 2.78. The fourth-order valence-corrected chi connectivity index (χ4v) is 3.47. The first-order valence-electron chi connectivity index (χ1n) is 7.15. The standard InChI is InChI=1S/C14H24BrN3O/c1-4-12-14(15)13(18(5-2)16-12)9-17(3)8-10-6-11(19)7-10/h10-11,19H,4-9H2,1-3H3. The van der Waals surface area contributed by atoms with E-state index < -0.39 is 0 Å². The lowest BCUT2D eigenvalue weighted by Crippen LogP contribution is -2.37. The van der Waals surface area contributed by atoms with Gasteiger partial charge in [0.1, 0.15) is 0 Å². The van der Waals surface area contributed by atoms with E-state index >= 15 is 0 Å². The molecule has 1 saturated carbocycles. The molecule has 1 aromatic heterocycles. The molecular formula is C14H24BrN3O. The van der Waals surface area contributed by atoms with E-state index in [0.717, 1.165) is 49.1 Å². The maximum atomic E-state index is 9.34. The van der Waals surface area contributed by atoms with E-state index in [-0.39, 0.29) is 6.10 Å². The Bertz CT molecular complexity index is 427. The number of hydrogen-bond donors (Lipinski definition) is 1. The molecule has 2 rings (SSSR count). The average Bonchev–Trinajstić information content (AvgIpc) is 2.64. The van der Waals surface area contributed by atoms with E-state index in [9.17, 15) is 5.11 Å². The Kier molecular flexibility index (Phi) is 5.03. The molecule has 0 atom stereocenters. The summed E-state index contributed by atoms with van der Waals surface area (Å²) in [4.78, 5) is 2.34. The molecule has 0 amide bonds. The molecule has 5 heteroatoms. The minimum atomic E-state index is -0.0574. The number of aromatic nitrogens is 2. The Hall–Kier alpha value is -0.390. The van der Waals surface area contributed by atoms with Gasteiger partial charge in [-0.25, -0.2) is 0 Å². The van der Waals surface area contributed by atoms with Gasteiger partial charge >= 0.3 is 0 Å². The first-order chi connectivity index (χ1) is 9.05. The van der Waals surface area contributed by atoms with Crippen LogP contribution in [0.2, 0.25) is 0 Å². The molecule has 0 saturated heterocycles. The molecule has 0 aliphatic heterocycles. The number of aliphatic hydroxyl groups is 1. The van der Waals surface area contributed by atoms with Crippen molar-refractivity contribution in [1.29, 1.82) is 0 Å². The highest BCUT2D eigenvalue weighted by Crippen LogP contribution is 2.29. The summed E-state index contributed by atoms with van der Waals surface area (Å²) in [6, 6.07) is 0. The predicted octanol–water partition coefficient (Wildman–Crippen LogP) is 2.43. The zero-order chi connectivity index (χ0) is 14.0. The normalized spacial score (nSPS) is 22.8. The SMILES string of the molecule is CCc1nn(CC)c(CN(C)CC2CC(O)C2)c1Br. The van der Waals surface area contributed by atoms with Gasteiger partial charge in [-0.3, -0.25) is 4.68 Å². The molecule has 1 aromatic rings. The maximum absolute atomic E-state index is 9.34.